The number of rotatable bonds is 7. The lowest BCUT2D eigenvalue weighted by molar-refractivity contribution is -0.141. The quantitative estimate of drug-likeness (QED) is 0.827. The van der Waals surface area contributed by atoms with Crippen LogP contribution < -0.4 is 4.74 Å². The van der Waals surface area contributed by atoms with Gasteiger partial charge in [-0.1, -0.05) is 13.0 Å². The fraction of sp³-hybridized carbons (Fsp3) is 0.353. The van der Waals surface area contributed by atoms with Crippen LogP contribution in [0.4, 0.5) is 0 Å². The molecule has 124 valence electrons. The third-order valence-electron chi connectivity index (χ3n) is 3.62. The lowest BCUT2D eigenvalue weighted by atomic mass is 10.1. The average Bonchev–Trinajstić information content (AvgIpc) is 2.54. The summed E-state index contributed by atoms with van der Waals surface area (Å²) in [5, 5.41) is 8.82. The number of hydrogen-bond donors (Lipinski definition) is 1. The zero-order chi connectivity index (χ0) is 16.9. The summed E-state index contributed by atoms with van der Waals surface area (Å²) >= 11 is 0. The van der Waals surface area contributed by atoms with E-state index in [-0.39, 0.29) is 17.1 Å². The largest absolute Gasteiger partial charge is 0.481 e. The average molecular weight is 336 g/mol. The van der Waals surface area contributed by atoms with Gasteiger partial charge in [-0.15, -0.1) is 0 Å². The smallest absolute Gasteiger partial charge is 0.306 e. The van der Waals surface area contributed by atoms with E-state index in [0.29, 0.717) is 5.75 Å². The number of carboxylic acids is 1. The number of benzene rings is 1. The molecule has 0 spiro atoms. The molecule has 5 nitrogen and oxygen atoms in total. The van der Waals surface area contributed by atoms with Crippen molar-refractivity contribution in [3.05, 3.63) is 48.3 Å². The van der Waals surface area contributed by atoms with Crippen LogP contribution in [-0.2, 0) is 14.6 Å². The van der Waals surface area contributed by atoms with E-state index < -0.39 is 21.7 Å². The van der Waals surface area contributed by atoms with Crippen LogP contribution in [0.15, 0.2) is 53.1 Å². The van der Waals surface area contributed by atoms with Gasteiger partial charge in [-0.3, -0.25) is 4.79 Å². The lowest BCUT2D eigenvalue weighted by Crippen LogP contribution is -2.15. The molecule has 0 radical (unpaired) electrons. The van der Waals surface area contributed by atoms with E-state index in [9.17, 15) is 13.2 Å². The van der Waals surface area contributed by atoms with E-state index in [4.69, 9.17) is 9.84 Å². The first kappa shape index (κ1) is 17.3. The van der Waals surface area contributed by atoms with Crippen LogP contribution >= 0.6 is 0 Å². The molecule has 0 heterocycles. The predicted octanol–water partition coefficient (Wildman–Crippen LogP) is 3.18. The number of aliphatic carboxylic acids is 1. The molecule has 0 saturated carbocycles. The van der Waals surface area contributed by atoms with Crippen LogP contribution in [0.5, 0.6) is 5.75 Å². The maximum atomic E-state index is 12.2. The van der Waals surface area contributed by atoms with Crippen LogP contribution in [0, 0.1) is 5.92 Å². The van der Waals surface area contributed by atoms with Crippen LogP contribution in [0.2, 0.25) is 0 Å². The Morgan fingerprint density at radius 3 is 2.52 bits per heavy atom. The Morgan fingerprint density at radius 2 is 1.96 bits per heavy atom. The van der Waals surface area contributed by atoms with Gasteiger partial charge in [0, 0.05) is 0 Å². The van der Waals surface area contributed by atoms with Gasteiger partial charge in [-0.2, -0.15) is 0 Å². The van der Waals surface area contributed by atoms with Crippen molar-refractivity contribution in [1.82, 2.24) is 0 Å². The van der Waals surface area contributed by atoms with Crippen LogP contribution in [0.25, 0.3) is 0 Å². The van der Waals surface area contributed by atoms with E-state index in [0.717, 1.165) is 18.6 Å². The molecule has 0 saturated heterocycles. The summed E-state index contributed by atoms with van der Waals surface area (Å²) in [5.74, 6) is -0.535. The van der Waals surface area contributed by atoms with Gasteiger partial charge >= 0.3 is 5.97 Å². The SMILES string of the molecule is CC(CCS(=O)(=O)c1ccc(OC2=CCCC=C2)cc1)C(=O)O. The Morgan fingerprint density at radius 1 is 1.26 bits per heavy atom. The highest BCUT2D eigenvalue weighted by Crippen LogP contribution is 2.22. The summed E-state index contributed by atoms with van der Waals surface area (Å²) in [4.78, 5) is 10.9. The number of carbonyl (C=O) groups is 1. The minimum Gasteiger partial charge on any atom is -0.481 e. The highest BCUT2D eigenvalue weighted by molar-refractivity contribution is 7.91. The van der Waals surface area contributed by atoms with Crippen LogP contribution in [-0.4, -0.2) is 25.2 Å². The molecule has 1 aromatic carbocycles. The summed E-state index contributed by atoms with van der Waals surface area (Å²) in [6.45, 7) is 1.50. The Hall–Kier alpha value is -2.08. The molecule has 0 fully saturated rings. The summed E-state index contributed by atoms with van der Waals surface area (Å²) in [6, 6.07) is 6.19. The van der Waals surface area contributed by atoms with Crippen molar-refractivity contribution in [2.45, 2.75) is 31.1 Å². The van der Waals surface area contributed by atoms with Gasteiger partial charge in [0.05, 0.1) is 16.6 Å². The van der Waals surface area contributed by atoms with Crippen molar-refractivity contribution < 1.29 is 23.1 Å². The van der Waals surface area contributed by atoms with E-state index in [1.54, 1.807) is 12.1 Å². The van der Waals surface area contributed by atoms with E-state index in [1.165, 1.54) is 19.1 Å². The Bertz CT molecular complexity index is 714. The molecular formula is C17H20O5S. The maximum Gasteiger partial charge on any atom is 0.306 e. The third-order valence-corrected chi connectivity index (χ3v) is 5.38. The molecule has 0 aliphatic heterocycles. The highest BCUT2D eigenvalue weighted by Gasteiger charge is 2.19. The molecule has 1 N–H and O–H groups in total. The number of hydrogen-bond acceptors (Lipinski definition) is 4. The Balaban J connectivity index is 2.01. The first-order chi connectivity index (χ1) is 10.9. The van der Waals surface area contributed by atoms with E-state index in [1.807, 2.05) is 18.2 Å². The zero-order valence-electron chi connectivity index (χ0n) is 12.9. The topological polar surface area (TPSA) is 80.7 Å². The molecule has 2 rings (SSSR count). The Kier molecular flexibility index (Phi) is 5.60. The highest BCUT2D eigenvalue weighted by atomic mass is 32.2. The van der Waals surface area contributed by atoms with Crippen molar-refractivity contribution >= 4 is 15.8 Å². The number of ether oxygens (including phenoxy) is 1. The van der Waals surface area contributed by atoms with Gasteiger partial charge in [-0.25, -0.2) is 8.42 Å². The third kappa shape index (κ3) is 4.96. The molecule has 1 atom stereocenters. The van der Waals surface area contributed by atoms with Crippen molar-refractivity contribution in [3.8, 4) is 5.75 Å². The van der Waals surface area contributed by atoms with Gasteiger partial charge in [0.25, 0.3) is 0 Å². The van der Waals surface area contributed by atoms with Gasteiger partial charge in [0.15, 0.2) is 9.84 Å². The standard InChI is InChI=1S/C17H20O5S/c1-13(17(18)19)11-12-23(20,21)16-9-7-15(8-10-16)22-14-5-3-2-4-6-14/h3,5-10,13H,2,4,11-12H2,1H3,(H,18,19). The fourth-order valence-corrected chi connectivity index (χ4v) is 3.54. The zero-order valence-corrected chi connectivity index (χ0v) is 13.8. The molecule has 1 aliphatic carbocycles. The first-order valence-corrected chi connectivity index (χ1v) is 9.14. The van der Waals surface area contributed by atoms with E-state index >= 15 is 0 Å². The van der Waals surface area contributed by atoms with Crippen molar-refractivity contribution in [1.29, 1.82) is 0 Å². The molecule has 1 aliphatic rings. The number of carboxylic acid groups (broad SMARTS) is 1. The van der Waals surface area contributed by atoms with E-state index in [2.05, 4.69) is 0 Å². The second kappa shape index (κ2) is 7.46. The monoisotopic (exact) mass is 336 g/mol. The maximum absolute atomic E-state index is 12.2. The molecule has 6 heteroatoms. The minimum atomic E-state index is -3.49. The Labute approximate surface area is 136 Å². The van der Waals surface area contributed by atoms with Crippen molar-refractivity contribution in [2.75, 3.05) is 5.75 Å². The first-order valence-electron chi connectivity index (χ1n) is 7.48. The summed E-state index contributed by atoms with van der Waals surface area (Å²) in [5.41, 5.74) is 0. The fourth-order valence-electron chi connectivity index (χ4n) is 2.09. The second-order valence-electron chi connectivity index (χ2n) is 5.51. The molecule has 23 heavy (non-hydrogen) atoms. The molecule has 0 bridgehead atoms. The van der Waals surface area contributed by atoms with Crippen molar-refractivity contribution in [2.24, 2.45) is 5.92 Å². The van der Waals surface area contributed by atoms with Gasteiger partial charge in [0.1, 0.15) is 11.5 Å². The molecule has 0 aromatic heterocycles. The predicted molar refractivity (Wildman–Crippen MR) is 87.0 cm³/mol. The molecular weight excluding hydrogens is 316 g/mol. The lowest BCUT2D eigenvalue weighted by Gasteiger charge is -2.11. The number of sulfone groups is 1. The van der Waals surface area contributed by atoms with Gasteiger partial charge in [-0.05, 0) is 55.7 Å². The van der Waals surface area contributed by atoms with Gasteiger partial charge < -0.3 is 9.84 Å². The summed E-state index contributed by atoms with van der Waals surface area (Å²) < 4.78 is 30.1. The van der Waals surface area contributed by atoms with Crippen molar-refractivity contribution in [3.63, 3.8) is 0 Å². The molecule has 0 amide bonds. The van der Waals surface area contributed by atoms with Crippen LogP contribution in [0.3, 0.4) is 0 Å². The molecule has 1 unspecified atom stereocenters. The normalized spacial score (nSPS) is 15.8. The molecule has 1 aromatic rings. The van der Waals surface area contributed by atoms with Gasteiger partial charge in [0.2, 0.25) is 0 Å². The second-order valence-corrected chi connectivity index (χ2v) is 7.62. The van der Waals surface area contributed by atoms with Crippen LogP contribution in [0.1, 0.15) is 26.2 Å². The minimum absolute atomic E-state index is 0.0909. The summed E-state index contributed by atoms with van der Waals surface area (Å²) in [6.07, 6.45) is 7.92. The number of allylic oxidation sites excluding steroid dienone is 3. The summed E-state index contributed by atoms with van der Waals surface area (Å²) in [7, 11) is -3.49.